The molecule has 1 saturated heterocycles. The lowest BCUT2D eigenvalue weighted by Gasteiger charge is -2.34. The highest BCUT2D eigenvalue weighted by molar-refractivity contribution is 5.83. The molecular weight excluding hydrogens is 372 g/mol. The Morgan fingerprint density at radius 3 is 2.17 bits per heavy atom. The van der Waals surface area contributed by atoms with Crippen molar-refractivity contribution in [2.75, 3.05) is 32.7 Å². The van der Waals surface area contributed by atoms with E-state index in [9.17, 15) is 4.79 Å². The zero-order chi connectivity index (χ0) is 21.6. The maximum absolute atomic E-state index is 12.2. The van der Waals surface area contributed by atoms with Gasteiger partial charge in [-0.15, -0.1) is 0 Å². The molecule has 1 N–H and O–H groups in total. The monoisotopic (exact) mass is 406 g/mol. The third kappa shape index (κ3) is 6.78. The summed E-state index contributed by atoms with van der Waals surface area (Å²) < 4.78 is 0. The van der Waals surface area contributed by atoms with E-state index in [4.69, 9.17) is 0 Å². The first-order chi connectivity index (χ1) is 14.3. The number of rotatable bonds is 6. The van der Waals surface area contributed by atoms with Crippen molar-refractivity contribution in [1.82, 2.24) is 15.2 Å². The highest BCUT2D eigenvalue weighted by Gasteiger charge is 2.19. The van der Waals surface area contributed by atoms with Crippen LogP contribution in [0.2, 0.25) is 0 Å². The van der Waals surface area contributed by atoms with Gasteiger partial charge in [0.05, 0.1) is 12.8 Å². The smallest absolute Gasteiger partial charge is 0.254 e. The standard InChI is InChI=1S/C25H34N4O/c1-20-5-7-22(8-6-20)18-28-13-15-29(16-14-28)19-24(30)27-26-17-21-9-11-23(12-10-21)25(2,3)4/h5-12,17H,13-16,18-19H2,1-4H3,(H,27,30)/b26-17+. The van der Waals surface area contributed by atoms with Crippen LogP contribution in [-0.4, -0.2) is 54.6 Å². The van der Waals surface area contributed by atoms with Gasteiger partial charge in [0.1, 0.15) is 0 Å². The van der Waals surface area contributed by atoms with Crippen molar-refractivity contribution in [1.29, 1.82) is 0 Å². The van der Waals surface area contributed by atoms with E-state index in [0.717, 1.165) is 38.3 Å². The van der Waals surface area contributed by atoms with Gasteiger partial charge in [-0.3, -0.25) is 14.6 Å². The summed E-state index contributed by atoms with van der Waals surface area (Å²) in [5.41, 5.74) is 7.69. The Hall–Kier alpha value is -2.50. The third-order valence-corrected chi connectivity index (χ3v) is 5.54. The molecule has 30 heavy (non-hydrogen) atoms. The van der Waals surface area contributed by atoms with Crippen molar-refractivity contribution in [2.24, 2.45) is 5.10 Å². The number of nitrogens with zero attached hydrogens (tertiary/aromatic N) is 3. The number of nitrogens with one attached hydrogen (secondary N) is 1. The maximum atomic E-state index is 12.2. The highest BCUT2D eigenvalue weighted by Crippen LogP contribution is 2.21. The quantitative estimate of drug-likeness (QED) is 0.589. The van der Waals surface area contributed by atoms with Crippen molar-refractivity contribution >= 4 is 12.1 Å². The van der Waals surface area contributed by atoms with Gasteiger partial charge in [0.15, 0.2) is 0 Å². The van der Waals surface area contributed by atoms with E-state index in [1.165, 1.54) is 16.7 Å². The summed E-state index contributed by atoms with van der Waals surface area (Å²) in [6, 6.07) is 17.0. The molecule has 1 aliphatic rings. The van der Waals surface area contributed by atoms with Crippen LogP contribution in [0.25, 0.3) is 0 Å². The van der Waals surface area contributed by atoms with E-state index in [1.54, 1.807) is 6.21 Å². The Labute approximate surface area is 180 Å². The Kier molecular flexibility index (Phi) is 7.40. The fourth-order valence-electron chi connectivity index (χ4n) is 3.54. The van der Waals surface area contributed by atoms with E-state index < -0.39 is 0 Å². The Morgan fingerprint density at radius 1 is 0.967 bits per heavy atom. The summed E-state index contributed by atoms with van der Waals surface area (Å²) in [4.78, 5) is 16.8. The van der Waals surface area contributed by atoms with Crippen molar-refractivity contribution in [3.8, 4) is 0 Å². The van der Waals surface area contributed by atoms with Crippen LogP contribution in [0.3, 0.4) is 0 Å². The van der Waals surface area contributed by atoms with Gasteiger partial charge in [-0.2, -0.15) is 5.10 Å². The van der Waals surface area contributed by atoms with Gasteiger partial charge in [-0.1, -0.05) is 74.9 Å². The fourth-order valence-corrected chi connectivity index (χ4v) is 3.54. The number of carbonyl (C=O) groups excluding carboxylic acids is 1. The van der Waals surface area contributed by atoms with Crippen LogP contribution in [-0.2, 0) is 16.8 Å². The molecule has 1 heterocycles. The first-order valence-corrected chi connectivity index (χ1v) is 10.7. The number of hydrogen-bond donors (Lipinski definition) is 1. The highest BCUT2D eigenvalue weighted by atomic mass is 16.2. The molecule has 2 aromatic carbocycles. The normalized spacial score (nSPS) is 16.1. The van der Waals surface area contributed by atoms with Crippen molar-refractivity contribution in [2.45, 2.75) is 39.7 Å². The average molecular weight is 407 g/mol. The molecule has 5 nitrogen and oxygen atoms in total. The van der Waals surface area contributed by atoms with E-state index in [1.807, 2.05) is 12.1 Å². The lowest BCUT2D eigenvalue weighted by atomic mass is 9.87. The molecule has 0 bridgehead atoms. The van der Waals surface area contributed by atoms with Crippen LogP contribution in [0.1, 0.15) is 43.0 Å². The molecule has 0 unspecified atom stereocenters. The summed E-state index contributed by atoms with van der Waals surface area (Å²) in [5, 5.41) is 4.12. The van der Waals surface area contributed by atoms with Gasteiger partial charge in [0, 0.05) is 32.7 Å². The number of aryl methyl sites for hydroxylation is 1. The minimum absolute atomic E-state index is 0.0652. The molecule has 0 aromatic heterocycles. The zero-order valence-electron chi connectivity index (χ0n) is 18.7. The molecule has 0 atom stereocenters. The van der Waals surface area contributed by atoms with Crippen LogP contribution >= 0.6 is 0 Å². The number of carbonyl (C=O) groups is 1. The van der Waals surface area contributed by atoms with Crippen molar-refractivity contribution < 1.29 is 4.79 Å². The van der Waals surface area contributed by atoms with E-state index in [2.05, 4.69) is 84.4 Å². The van der Waals surface area contributed by atoms with E-state index in [0.29, 0.717) is 6.54 Å². The van der Waals surface area contributed by atoms with Crippen LogP contribution in [0.4, 0.5) is 0 Å². The minimum atomic E-state index is -0.0652. The zero-order valence-corrected chi connectivity index (χ0v) is 18.7. The third-order valence-electron chi connectivity index (χ3n) is 5.54. The fraction of sp³-hybridized carbons (Fsp3) is 0.440. The lowest BCUT2D eigenvalue weighted by molar-refractivity contribution is -0.122. The first kappa shape index (κ1) is 22.2. The van der Waals surface area contributed by atoms with Gasteiger partial charge in [0.25, 0.3) is 5.91 Å². The van der Waals surface area contributed by atoms with Crippen LogP contribution < -0.4 is 5.43 Å². The first-order valence-electron chi connectivity index (χ1n) is 10.7. The van der Waals surface area contributed by atoms with Crippen LogP contribution in [0.15, 0.2) is 53.6 Å². The number of amides is 1. The molecule has 0 aliphatic carbocycles. The average Bonchev–Trinajstić information content (AvgIpc) is 2.71. The van der Waals surface area contributed by atoms with Gasteiger partial charge >= 0.3 is 0 Å². The Balaban J connectivity index is 1.38. The number of hydrazone groups is 1. The Bertz CT molecular complexity index is 842. The largest absolute Gasteiger partial charge is 0.297 e. The molecular formula is C25H34N4O. The minimum Gasteiger partial charge on any atom is -0.297 e. The molecule has 0 saturated carbocycles. The second kappa shape index (κ2) is 10.0. The summed E-state index contributed by atoms with van der Waals surface area (Å²) in [7, 11) is 0. The number of hydrogen-bond acceptors (Lipinski definition) is 4. The molecule has 1 aliphatic heterocycles. The molecule has 5 heteroatoms. The SMILES string of the molecule is Cc1ccc(CN2CCN(CC(=O)N/N=C/c3ccc(C(C)(C)C)cc3)CC2)cc1. The maximum Gasteiger partial charge on any atom is 0.254 e. The molecule has 0 spiro atoms. The summed E-state index contributed by atoms with van der Waals surface area (Å²) in [5.74, 6) is -0.0652. The van der Waals surface area contributed by atoms with Crippen LogP contribution in [0, 0.1) is 6.92 Å². The summed E-state index contributed by atoms with van der Waals surface area (Å²) in [6.45, 7) is 13.8. The second-order valence-corrected chi connectivity index (χ2v) is 9.20. The van der Waals surface area contributed by atoms with Gasteiger partial charge < -0.3 is 0 Å². The van der Waals surface area contributed by atoms with Gasteiger partial charge in [0.2, 0.25) is 0 Å². The second-order valence-electron chi connectivity index (χ2n) is 9.20. The van der Waals surface area contributed by atoms with Crippen molar-refractivity contribution in [3.05, 3.63) is 70.8 Å². The molecule has 1 fully saturated rings. The molecule has 160 valence electrons. The predicted octanol–water partition coefficient (Wildman–Crippen LogP) is 3.56. The predicted molar refractivity (Wildman–Crippen MR) is 124 cm³/mol. The molecule has 1 amide bonds. The lowest BCUT2D eigenvalue weighted by Crippen LogP contribution is -2.48. The number of piperazine rings is 1. The molecule has 0 radical (unpaired) electrons. The topological polar surface area (TPSA) is 47.9 Å². The van der Waals surface area contributed by atoms with E-state index in [-0.39, 0.29) is 11.3 Å². The summed E-state index contributed by atoms with van der Waals surface area (Å²) in [6.07, 6.45) is 1.70. The summed E-state index contributed by atoms with van der Waals surface area (Å²) >= 11 is 0. The van der Waals surface area contributed by atoms with Crippen LogP contribution in [0.5, 0.6) is 0 Å². The number of benzene rings is 2. The van der Waals surface area contributed by atoms with Gasteiger partial charge in [-0.05, 0) is 29.0 Å². The van der Waals surface area contributed by atoms with Gasteiger partial charge in [-0.25, -0.2) is 5.43 Å². The molecule has 3 rings (SSSR count). The van der Waals surface area contributed by atoms with E-state index >= 15 is 0 Å². The van der Waals surface area contributed by atoms with Crippen molar-refractivity contribution in [3.63, 3.8) is 0 Å². The molecule has 2 aromatic rings. The Morgan fingerprint density at radius 2 is 1.57 bits per heavy atom.